The Bertz CT molecular complexity index is 809. The van der Waals surface area contributed by atoms with Gasteiger partial charge in [0, 0.05) is 30.1 Å². The molecule has 1 aliphatic carbocycles. The molecule has 1 N–H and O–H groups in total. The first-order valence-corrected chi connectivity index (χ1v) is 7.26. The minimum atomic E-state index is 0.597. The van der Waals surface area contributed by atoms with Crippen LogP contribution in [0.15, 0.2) is 42.5 Å². The molecule has 104 valence electrons. The van der Waals surface area contributed by atoms with Gasteiger partial charge >= 0.3 is 0 Å². The largest absolute Gasteiger partial charge is 0.373 e. The number of rotatable bonds is 3. The van der Waals surface area contributed by atoms with Crippen molar-refractivity contribution in [2.45, 2.75) is 18.8 Å². The van der Waals surface area contributed by atoms with Crippen molar-refractivity contribution in [2.75, 3.05) is 12.4 Å². The van der Waals surface area contributed by atoms with E-state index in [1.807, 2.05) is 37.4 Å². The lowest BCUT2D eigenvalue weighted by Crippen LogP contribution is -2.01. The standard InChI is InChI=1S/C17H16N4/c1-18-16-10-15(12-6-7-12)20-17(21-16)14-9-8-11-4-2-3-5-13(11)19-14/h2-5,8-10,12H,6-7H2,1H3,(H,18,20,21). The fourth-order valence-electron chi connectivity index (χ4n) is 2.49. The number of para-hydroxylation sites is 1. The van der Waals surface area contributed by atoms with E-state index in [9.17, 15) is 0 Å². The lowest BCUT2D eigenvalue weighted by Gasteiger charge is -2.07. The van der Waals surface area contributed by atoms with E-state index < -0.39 is 0 Å². The van der Waals surface area contributed by atoms with Gasteiger partial charge in [-0.25, -0.2) is 15.0 Å². The van der Waals surface area contributed by atoms with Gasteiger partial charge in [-0.3, -0.25) is 0 Å². The summed E-state index contributed by atoms with van der Waals surface area (Å²) in [7, 11) is 1.89. The Morgan fingerprint density at radius 1 is 1.00 bits per heavy atom. The zero-order chi connectivity index (χ0) is 14.2. The summed E-state index contributed by atoms with van der Waals surface area (Å²) in [5.74, 6) is 2.16. The van der Waals surface area contributed by atoms with Crippen molar-refractivity contribution in [3.8, 4) is 11.5 Å². The molecule has 0 saturated heterocycles. The summed E-state index contributed by atoms with van der Waals surface area (Å²) in [4.78, 5) is 14.0. The maximum Gasteiger partial charge on any atom is 0.180 e. The third kappa shape index (κ3) is 2.33. The van der Waals surface area contributed by atoms with Crippen LogP contribution >= 0.6 is 0 Å². The maximum atomic E-state index is 4.71. The molecule has 1 fully saturated rings. The number of aromatic nitrogens is 3. The summed E-state index contributed by atoms with van der Waals surface area (Å²) < 4.78 is 0. The molecule has 1 saturated carbocycles. The Labute approximate surface area is 123 Å². The van der Waals surface area contributed by atoms with E-state index in [4.69, 9.17) is 4.98 Å². The van der Waals surface area contributed by atoms with Crippen molar-refractivity contribution in [3.05, 3.63) is 48.2 Å². The molecule has 0 spiro atoms. The van der Waals surface area contributed by atoms with Crippen LogP contribution in [0.3, 0.4) is 0 Å². The van der Waals surface area contributed by atoms with E-state index in [2.05, 4.69) is 27.4 Å². The first-order valence-electron chi connectivity index (χ1n) is 7.26. The van der Waals surface area contributed by atoms with E-state index in [1.165, 1.54) is 12.8 Å². The first-order chi connectivity index (χ1) is 10.3. The molecule has 2 heterocycles. The van der Waals surface area contributed by atoms with E-state index >= 15 is 0 Å². The van der Waals surface area contributed by atoms with E-state index in [-0.39, 0.29) is 0 Å². The smallest absolute Gasteiger partial charge is 0.180 e. The summed E-state index contributed by atoms with van der Waals surface area (Å²) in [6.07, 6.45) is 2.45. The summed E-state index contributed by atoms with van der Waals surface area (Å²) in [6.45, 7) is 0. The molecule has 0 atom stereocenters. The third-order valence-electron chi connectivity index (χ3n) is 3.83. The number of benzene rings is 1. The van der Waals surface area contributed by atoms with Crippen LogP contribution in [0, 0.1) is 0 Å². The van der Waals surface area contributed by atoms with Crippen LogP contribution in [0.5, 0.6) is 0 Å². The highest BCUT2D eigenvalue weighted by Gasteiger charge is 2.26. The Morgan fingerprint density at radius 2 is 1.86 bits per heavy atom. The van der Waals surface area contributed by atoms with Gasteiger partial charge in [0.1, 0.15) is 11.5 Å². The second-order valence-corrected chi connectivity index (χ2v) is 5.42. The predicted octanol–water partition coefficient (Wildman–Crippen LogP) is 3.61. The third-order valence-corrected chi connectivity index (χ3v) is 3.83. The molecular formula is C17H16N4. The number of hydrogen-bond donors (Lipinski definition) is 1. The molecule has 0 bridgehead atoms. The molecule has 2 aromatic heterocycles. The Balaban J connectivity index is 1.84. The van der Waals surface area contributed by atoms with E-state index in [0.29, 0.717) is 11.7 Å². The van der Waals surface area contributed by atoms with Crippen LogP contribution in [0.1, 0.15) is 24.5 Å². The van der Waals surface area contributed by atoms with Gasteiger partial charge in [0.25, 0.3) is 0 Å². The average Bonchev–Trinajstić information content (AvgIpc) is 3.39. The highest BCUT2D eigenvalue weighted by Crippen LogP contribution is 2.40. The lowest BCUT2D eigenvalue weighted by molar-refractivity contribution is 0.989. The summed E-state index contributed by atoms with van der Waals surface area (Å²) in [5.41, 5.74) is 2.92. The van der Waals surface area contributed by atoms with Crippen LogP contribution in [0.4, 0.5) is 5.82 Å². The molecule has 21 heavy (non-hydrogen) atoms. The molecule has 0 radical (unpaired) electrons. The SMILES string of the molecule is CNc1cc(C2CC2)nc(-c2ccc3ccccc3n2)n1. The second-order valence-electron chi connectivity index (χ2n) is 5.42. The highest BCUT2D eigenvalue weighted by molar-refractivity contribution is 5.80. The minimum absolute atomic E-state index is 0.597. The number of nitrogens with zero attached hydrogens (tertiary/aromatic N) is 3. The van der Waals surface area contributed by atoms with E-state index in [1.54, 1.807) is 0 Å². The van der Waals surface area contributed by atoms with Crippen molar-refractivity contribution in [3.63, 3.8) is 0 Å². The van der Waals surface area contributed by atoms with Crippen LogP contribution in [0.2, 0.25) is 0 Å². The number of fused-ring (bicyclic) bond motifs is 1. The highest BCUT2D eigenvalue weighted by atomic mass is 15.0. The normalized spacial score (nSPS) is 14.3. The summed E-state index contributed by atoms with van der Waals surface area (Å²) in [6, 6.07) is 14.2. The van der Waals surface area contributed by atoms with Gasteiger partial charge in [0.05, 0.1) is 5.52 Å². The van der Waals surface area contributed by atoms with Crippen LogP contribution in [-0.4, -0.2) is 22.0 Å². The summed E-state index contributed by atoms with van der Waals surface area (Å²) >= 11 is 0. The quantitative estimate of drug-likeness (QED) is 0.794. The van der Waals surface area contributed by atoms with Gasteiger partial charge in [0.2, 0.25) is 0 Å². The van der Waals surface area contributed by atoms with Crippen molar-refractivity contribution >= 4 is 16.7 Å². The van der Waals surface area contributed by atoms with Gasteiger partial charge in [-0.2, -0.15) is 0 Å². The maximum absolute atomic E-state index is 4.71. The fraction of sp³-hybridized carbons (Fsp3) is 0.235. The lowest BCUT2D eigenvalue weighted by atomic mass is 10.2. The van der Waals surface area contributed by atoms with Gasteiger partial charge in [-0.15, -0.1) is 0 Å². The number of nitrogens with one attached hydrogen (secondary N) is 1. The van der Waals surface area contributed by atoms with Crippen molar-refractivity contribution < 1.29 is 0 Å². The monoisotopic (exact) mass is 276 g/mol. The van der Waals surface area contributed by atoms with Crippen molar-refractivity contribution in [1.82, 2.24) is 15.0 Å². The number of pyridine rings is 1. The van der Waals surface area contributed by atoms with Gasteiger partial charge in [-0.05, 0) is 25.0 Å². The topological polar surface area (TPSA) is 50.7 Å². The predicted molar refractivity (Wildman–Crippen MR) is 84.3 cm³/mol. The second kappa shape index (κ2) is 4.81. The van der Waals surface area contributed by atoms with Gasteiger partial charge in [-0.1, -0.05) is 24.3 Å². The molecule has 1 aromatic carbocycles. The minimum Gasteiger partial charge on any atom is -0.373 e. The molecule has 0 amide bonds. The fourth-order valence-corrected chi connectivity index (χ4v) is 2.49. The van der Waals surface area contributed by atoms with Crippen LogP contribution in [-0.2, 0) is 0 Å². The zero-order valence-electron chi connectivity index (χ0n) is 11.9. The van der Waals surface area contributed by atoms with Gasteiger partial charge in [0.15, 0.2) is 5.82 Å². The first kappa shape index (κ1) is 12.3. The summed E-state index contributed by atoms with van der Waals surface area (Å²) in [5, 5.41) is 4.25. The van der Waals surface area contributed by atoms with Gasteiger partial charge < -0.3 is 5.32 Å². The van der Waals surface area contributed by atoms with Crippen LogP contribution in [0.25, 0.3) is 22.4 Å². The molecule has 0 aliphatic heterocycles. The number of anilines is 1. The zero-order valence-corrected chi connectivity index (χ0v) is 11.9. The van der Waals surface area contributed by atoms with Crippen LogP contribution < -0.4 is 5.32 Å². The Morgan fingerprint density at radius 3 is 2.67 bits per heavy atom. The molecule has 4 heteroatoms. The Kier molecular flexibility index (Phi) is 2.81. The van der Waals surface area contributed by atoms with Crippen molar-refractivity contribution in [1.29, 1.82) is 0 Å². The number of hydrogen-bond acceptors (Lipinski definition) is 4. The molecule has 4 nitrogen and oxygen atoms in total. The molecule has 1 aliphatic rings. The molecular weight excluding hydrogens is 260 g/mol. The average molecular weight is 276 g/mol. The van der Waals surface area contributed by atoms with E-state index in [0.717, 1.165) is 28.1 Å². The van der Waals surface area contributed by atoms with Crippen molar-refractivity contribution in [2.24, 2.45) is 0 Å². The Hall–Kier alpha value is -2.49. The molecule has 3 aromatic rings. The molecule has 4 rings (SSSR count). The molecule has 0 unspecified atom stereocenters.